The van der Waals surface area contributed by atoms with Crippen LogP contribution < -0.4 is 9.80 Å². The molecular formula is C24H18ClN3O4. The SMILES string of the molecule is Cc1c(Cl)cccc1N1C(=O)C(c2ccc([N+](=O)[O-])cc2)=C(N(C)c2ccccc2)C1=O. The van der Waals surface area contributed by atoms with Crippen LogP contribution >= 0.6 is 11.6 Å². The fraction of sp³-hybridized carbons (Fsp3) is 0.0833. The van der Waals surface area contributed by atoms with Crippen molar-refractivity contribution in [3.05, 3.63) is 105 Å². The number of carbonyl (C=O) groups excluding carboxylic acids is 2. The Hall–Kier alpha value is -3.97. The standard InChI is InChI=1S/C24H18ClN3O4/c1-15-19(25)9-6-10-20(15)27-23(29)21(16-11-13-18(14-12-16)28(31)32)22(24(27)30)26(2)17-7-4-3-5-8-17/h3-14H,1-2H3. The molecule has 4 rings (SSSR count). The van der Waals surface area contributed by atoms with Crippen molar-refractivity contribution in [3.8, 4) is 0 Å². The number of nitro groups is 1. The zero-order valence-electron chi connectivity index (χ0n) is 17.3. The van der Waals surface area contributed by atoms with Crippen LogP contribution in [0.25, 0.3) is 5.57 Å². The molecule has 0 radical (unpaired) electrons. The first kappa shape index (κ1) is 21.3. The molecule has 160 valence electrons. The number of halogens is 1. The Kier molecular flexibility index (Phi) is 5.50. The maximum atomic E-state index is 13.6. The predicted octanol–water partition coefficient (Wildman–Crippen LogP) is 4.98. The Morgan fingerprint density at radius 1 is 0.906 bits per heavy atom. The summed E-state index contributed by atoms with van der Waals surface area (Å²) in [5.41, 5.74) is 2.35. The smallest absolute Gasteiger partial charge is 0.282 e. The quantitative estimate of drug-likeness (QED) is 0.313. The number of imide groups is 1. The van der Waals surface area contributed by atoms with E-state index in [2.05, 4.69) is 0 Å². The van der Waals surface area contributed by atoms with E-state index in [0.717, 1.165) is 4.90 Å². The molecule has 7 nitrogen and oxygen atoms in total. The van der Waals surface area contributed by atoms with Gasteiger partial charge in [0.05, 0.1) is 16.2 Å². The molecule has 0 N–H and O–H groups in total. The molecule has 8 heteroatoms. The average Bonchev–Trinajstić information content (AvgIpc) is 3.05. The summed E-state index contributed by atoms with van der Waals surface area (Å²) in [5, 5.41) is 11.5. The molecular weight excluding hydrogens is 430 g/mol. The van der Waals surface area contributed by atoms with Crippen LogP contribution in [0.5, 0.6) is 0 Å². The highest BCUT2D eigenvalue weighted by molar-refractivity contribution is 6.46. The van der Waals surface area contributed by atoms with Gasteiger partial charge >= 0.3 is 0 Å². The van der Waals surface area contributed by atoms with Crippen molar-refractivity contribution in [2.45, 2.75) is 6.92 Å². The minimum Gasteiger partial charge on any atom is -0.339 e. The zero-order valence-corrected chi connectivity index (χ0v) is 18.0. The summed E-state index contributed by atoms with van der Waals surface area (Å²) in [6.45, 7) is 1.74. The highest BCUT2D eigenvalue weighted by Crippen LogP contribution is 2.38. The number of para-hydroxylation sites is 1. The van der Waals surface area contributed by atoms with Crippen molar-refractivity contribution >= 4 is 46.1 Å². The largest absolute Gasteiger partial charge is 0.339 e. The van der Waals surface area contributed by atoms with Crippen LogP contribution in [0.4, 0.5) is 17.1 Å². The molecule has 0 saturated carbocycles. The van der Waals surface area contributed by atoms with E-state index >= 15 is 0 Å². The summed E-state index contributed by atoms with van der Waals surface area (Å²) >= 11 is 6.25. The number of nitrogens with zero attached hydrogens (tertiary/aromatic N) is 3. The maximum absolute atomic E-state index is 13.6. The lowest BCUT2D eigenvalue weighted by Gasteiger charge is -2.22. The number of benzene rings is 3. The lowest BCUT2D eigenvalue weighted by molar-refractivity contribution is -0.384. The van der Waals surface area contributed by atoms with Gasteiger partial charge in [0.1, 0.15) is 5.70 Å². The van der Waals surface area contributed by atoms with E-state index < -0.39 is 16.7 Å². The van der Waals surface area contributed by atoms with Gasteiger partial charge in [-0.3, -0.25) is 19.7 Å². The van der Waals surface area contributed by atoms with Gasteiger partial charge in [0.25, 0.3) is 17.5 Å². The molecule has 2 amide bonds. The van der Waals surface area contributed by atoms with Crippen LogP contribution in [0, 0.1) is 17.0 Å². The van der Waals surface area contributed by atoms with Crippen LogP contribution in [0.2, 0.25) is 5.02 Å². The predicted molar refractivity (Wildman–Crippen MR) is 124 cm³/mol. The van der Waals surface area contributed by atoms with Crippen molar-refractivity contribution in [1.29, 1.82) is 0 Å². The molecule has 32 heavy (non-hydrogen) atoms. The normalized spacial score (nSPS) is 13.7. The Labute approximate surface area is 189 Å². The highest BCUT2D eigenvalue weighted by atomic mass is 35.5. The third kappa shape index (κ3) is 3.52. The second-order valence-corrected chi connectivity index (χ2v) is 7.66. The molecule has 1 aliphatic rings. The Balaban J connectivity index is 1.90. The van der Waals surface area contributed by atoms with E-state index in [1.165, 1.54) is 24.3 Å². The molecule has 1 heterocycles. The number of carbonyl (C=O) groups is 2. The van der Waals surface area contributed by atoms with E-state index in [1.54, 1.807) is 37.1 Å². The Morgan fingerprint density at radius 3 is 2.19 bits per heavy atom. The highest BCUT2D eigenvalue weighted by Gasteiger charge is 2.42. The van der Waals surface area contributed by atoms with Gasteiger partial charge in [-0.05, 0) is 54.4 Å². The lowest BCUT2D eigenvalue weighted by Crippen LogP contribution is -2.34. The van der Waals surface area contributed by atoms with Crippen LogP contribution in [0.3, 0.4) is 0 Å². The third-order valence-electron chi connectivity index (χ3n) is 5.39. The average molecular weight is 448 g/mol. The van der Waals surface area contributed by atoms with Crippen molar-refractivity contribution in [2.24, 2.45) is 0 Å². The summed E-state index contributed by atoms with van der Waals surface area (Å²) < 4.78 is 0. The van der Waals surface area contributed by atoms with E-state index in [-0.39, 0.29) is 17.0 Å². The van der Waals surface area contributed by atoms with Crippen LogP contribution in [0.15, 0.2) is 78.5 Å². The van der Waals surface area contributed by atoms with Gasteiger partial charge in [-0.15, -0.1) is 0 Å². The van der Waals surface area contributed by atoms with Crippen LogP contribution in [-0.2, 0) is 9.59 Å². The molecule has 0 bridgehead atoms. The number of hydrogen-bond donors (Lipinski definition) is 0. The molecule has 1 aliphatic heterocycles. The van der Waals surface area contributed by atoms with Gasteiger partial charge in [0, 0.05) is 29.9 Å². The van der Waals surface area contributed by atoms with Gasteiger partial charge < -0.3 is 4.90 Å². The van der Waals surface area contributed by atoms with Crippen LogP contribution in [0.1, 0.15) is 11.1 Å². The van der Waals surface area contributed by atoms with E-state index in [4.69, 9.17) is 11.6 Å². The number of nitro benzene ring substituents is 1. The number of anilines is 2. The van der Waals surface area contributed by atoms with Gasteiger partial charge in [-0.2, -0.15) is 0 Å². The minimum absolute atomic E-state index is 0.105. The monoisotopic (exact) mass is 447 g/mol. The summed E-state index contributed by atoms with van der Waals surface area (Å²) in [7, 11) is 1.70. The zero-order chi connectivity index (χ0) is 23.0. The van der Waals surface area contributed by atoms with Gasteiger partial charge in [0.2, 0.25) is 0 Å². The number of amides is 2. The molecule has 0 aliphatic carbocycles. The first-order chi connectivity index (χ1) is 15.3. The fourth-order valence-electron chi connectivity index (χ4n) is 3.68. The summed E-state index contributed by atoms with van der Waals surface area (Å²) in [6.07, 6.45) is 0. The summed E-state index contributed by atoms with van der Waals surface area (Å²) in [5.74, 6) is -1.02. The van der Waals surface area contributed by atoms with Crippen molar-refractivity contribution in [1.82, 2.24) is 0 Å². The first-order valence-corrected chi connectivity index (χ1v) is 10.1. The molecule has 0 fully saturated rings. The molecule has 0 aromatic heterocycles. The Bertz CT molecular complexity index is 1270. The van der Waals surface area contributed by atoms with Gasteiger partial charge in [0.15, 0.2) is 0 Å². The van der Waals surface area contributed by atoms with Gasteiger partial charge in [-0.25, -0.2) is 4.90 Å². The fourth-order valence-corrected chi connectivity index (χ4v) is 3.85. The summed E-state index contributed by atoms with van der Waals surface area (Å²) in [6, 6.07) is 19.8. The molecule has 3 aromatic carbocycles. The Morgan fingerprint density at radius 2 is 1.56 bits per heavy atom. The van der Waals surface area contributed by atoms with Crippen molar-refractivity contribution in [3.63, 3.8) is 0 Å². The molecule has 0 saturated heterocycles. The number of likely N-dealkylation sites (N-methyl/N-ethyl adjacent to an activating group) is 1. The van der Waals surface area contributed by atoms with Crippen molar-refractivity contribution < 1.29 is 14.5 Å². The summed E-state index contributed by atoms with van der Waals surface area (Å²) in [4.78, 5) is 40.5. The molecule has 0 atom stereocenters. The number of hydrogen-bond acceptors (Lipinski definition) is 5. The van der Waals surface area contributed by atoms with Crippen molar-refractivity contribution in [2.75, 3.05) is 16.8 Å². The molecule has 0 unspecified atom stereocenters. The maximum Gasteiger partial charge on any atom is 0.282 e. The number of non-ortho nitro benzene ring substituents is 1. The van der Waals surface area contributed by atoms with Crippen LogP contribution in [-0.4, -0.2) is 23.8 Å². The first-order valence-electron chi connectivity index (χ1n) is 9.73. The lowest BCUT2D eigenvalue weighted by atomic mass is 10.0. The topological polar surface area (TPSA) is 83.8 Å². The third-order valence-corrected chi connectivity index (χ3v) is 5.79. The second-order valence-electron chi connectivity index (χ2n) is 7.25. The van der Waals surface area contributed by atoms with E-state index in [1.807, 2.05) is 30.3 Å². The van der Waals surface area contributed by atoms with E-state index in [0.29, 0.717) is 27.5 Å². The van der Waals surface area contributed by atoms with E-state index in [9.17, 15) is 19.7 Å². The number of rotatable bonds is 5. The second kappa shape index (κ2) is 8.28. The molecule has 0 spiro atoms. The minimum atomic E-state index is -0.521. The molecule has 3 aromatic rings. The van der Waals surface area contributed by atoms with Gasteiger partial charge in [-0.1, -0.05) is 35.9 Å².